The summed E-state index contributed by atoms with van der Waals surface area (Å²) in [6, 6.07) is -0.0486. The number of hydrogen-bond donors (Lipinski definition) is 2. The van der Waals surface area contributed by atoms with Gasteiger partial charge in [-0.2, -0.15) is 0 Å². The van der Waals surface area contributed by atoms with E-state index in [9.17, 15) is 4.79 Å². The molecule has 0 unspecified atom stereocenters. The summed E-state index contributed by atoms with van der Waals surface area (Å²) in [6.45, 7) is 0.775. The maximum absolute atomic E-state index is 11.2. The summed E-state index contributed by atoms with van der Waals surface area (Å²) in [7, 11) is 3.35. The van der Waals surface area contributed by atoms with E-state index in [0.717, 1.165) is 0 Å². The number of carbonyl (C=O) groups is 1. The van der Waals surface area contributed by atoms with Crippen LogP contribution in [0.25, 0.3) is 0 Å². The molecule has 1 saturated heterocycles. The molecule has 0 atom stereocenters. The van der Waals surface area contributed by atoms with Gasteiger partial charge in [-0.3, -0.25) is 5.41 Å². The lowest BCUT2D eigenvalue weighted by Gasteiger charge is -2.38. The average Bonchev–Trinajstić information content (AvgIpc) is 1.99. The van der Waals surface area contributed by atoms with Crippen molar-refractivity contribution in [2.75, 3.05) is 27.4 Å². The Bertz CT molecular complexity index is 202. The van der Waals surface area contributed by atoms with E-state index in [2.05, 4.69) is 0 Å². The largest absolute Gasteiger partial charge is 0.370 e. The summed E-state index contributed by atoms with van der Waals surface area (Å²) < 4.78 is 0. The molecule has 1 aliphatic heterocycles. The van der Waals surface area contributed by atoms with Crippen LogP contribution in [-0.4, -0.2) is 54.1 Å². The first-order valence-corrected chi connectivity index (χ1v) is 3.57. The van der Waals surface area contributed by atoms with Crippen LogP contribution in [0.2, 0.25) is 0 Å². The molecule has 0 aromatic heterocycles. The van der Waals surface area contributed by atoms with E-state index >= 15 is 0 Å². The van der Waals surface area contributed by atoms with E-state index in [4.69, 9.17) is 11.1 Å². The molecule has 12 heavy (non-hydrogen) atoms. The molecule has 0 aromatic carbocycles. The smallest absolute Gasteiger partial charge is 0.322 e. The molecule has 1 rings (SSSR count). The number of nitrogens with zero attached hydrogens (tertiary/aromatic N) is 3. The molecule has 0 radical (unpaired) electrons. The van der Waals surface area contributed by atoms with Gasteiger partial charge in [0.25, 0.3) is 0 Å². The third-order valence-electron chi connectivity index (χ3n) is 1.76. The lowest BCUT2D eigenvalue weighted by molar-refractivity contribution is 0.0937. The number of amides is 2. The minimum absolute atomic E-state index is 0.0128. The van der Waals surface area contributed by atoms with E-state index in [0.29, 0.717) is 13.3 Å². The maximum Gasteiger partial charge on any atom is 0.322 e. The predicted molar refractivity (Wildman–Crippen MR) is 44.4 cm³/mol. The molecule has 6 nitrogen and oxygen atoms in total. The monoisotopic (exact) mass is 171 g/mol. The molecule has 6 heteroatoms. The number of hydrogen-bond acceptors (Lipinski definition) is 2. The number of nitrogens with one attached hydrogen (secondary N) is 1. The van der Waals surface area contributed by atoms with Crippen LogP contribution in [0.3, 0.4) is 0 Å². The van der Waals surface area contributed by atoms with Gasteiger partial charge < -0.3 is 20.4 Å². The van der Waals surface area contributed by atoms with Gasteiger partial charge in [-0.1, -0.05) is 0 Å². The van der Waals surface area contributed by atoms with Crippen molar-refractivity contribution in [3.63, 3.8) is 0 Å². The van der Waals surface area contributed by atoms with Gasteiger partial charge in [0, 0.05) is 14.1 Å². The fourth-order valence-corrected chi connectivity index (χ4v) is 1.12. The van der Waals surface area contributed by atoms with Crippen LogP contribution in [0, 0.1) is 5.41 Å². The van der Waals surface area contributed by atoms with Crippen LogP contribution in [0.5, 0.6) is 0 Å². The first-order valence-electron chi connectivity index (χ1n) is 3.57. The summed E-state index contributed by atoms with van der Waals surface area (Å²) in [4.78, 5) is 15.8. The molecule has 0 aromatic rings. The van der Waals surface area contributed by atoms with Crippen molar-refractivity contribution in [2.24, 2.45) is 5.73 Å². The maximum atomic E-state index is 11.2. The highest BCUT2D eigenvalue weighted by atomic mass is 16.2. The average molecular weight is 171 g/mol. The number of guanidine groups is 1. The number of rotatable bonds is 0. The molecule has 0 aliphatic carbocycles. The van der Waals surface area contributed by atoms with Crippen molar-refractivity contribution in [1.29, 1.82) is 5.41 Å². The first kappa shape index (κ1) is 8.63. The Morgan fingerprint density at radius 1 is 1.42 bits per heavy atom. The van der Waals surface area contributed by atoms with Gasteiger partial charge >= 0.3 is 6.03 Å². The third-order valence-corrected chi connectivity index (χ3v) is 1.76. The van der Waals surface area contributed by atoms with E-state index in [1.54, 1.807) is 19.0 Å². The van der Waals surface area contributed by atoms with Gasteiger partial charge in [0.1, 0.15) is 0 Å². The van der Waals surface area contributed by atoms with Crippen LogP contribution in [0.1, 0.15) is 0 Å². The summed E-state index contributed by atoms with van der Waals surface area (Å²) in [5.41, 5.74) is 5.28. The SMILES string of the molecule is CN1CN(C(=N)N)CN(C)C1=O. The molecule has 0 saturated carbocycles. The van der Waals surface area contributed by atoms with Gasteiger partial charge in [-0.25, -0.2) is 4.79 Å². The zero-order valence-electron chi connectivity index (χ0n) is 7.24. The van der Waals surface area contributed by atoms with Crippen LogP contribution < -0.4 is 5.73 Å². The molecule has 0 spiro atoms. The highest BCUT2D eigenvalue weighted by Crippen LogP contribution is 2.04. The van der Waals surface area contributed by atoms with Crippen LogP contribution >= 0.6 is 0 Å². The minimum Gasteiger partial charge on any atom is -0.370 e. The van der Waals surface area contributed by atoms with Crippen molar-refractivity contribution in [1.82, 2.24) is 14.7 Å². The fraction of sp³-hybridized carbons (Fsp3) is 0.667. The fourth-order valence-electron chi connectivity index (χ4n) is 1.12. The second-order valence-corrected chi connectivity index (χ2v) is 2.89. The highest BCUT2D eigenvalue weighted by molar-refractivity contribution is 5.79. The van der Waals surface area contributed by atoms with Gasteiger partial charge in [0.15, 0.2) is 5.96 Å². The summed E-state index contributed by atoms with van der Waals surface area (Å²) in [6.07, 6.45) is 0. The van der Waals surface area contributed by atoms with Crippen molar-refractivity contribution < 1.29 is 4.79 Å². The molecular weight excluding hydrogens is 158 g/mol. The van der Waals surface area contributed by atoms with E-state index in [-0.39, 0.29) is 12.0 Å². The first-order chi connectivity index (χ1) is 5.52. The summed E-state index contributed by atoms with van der Waals surface area (Å²) >= 11 is 0. The highest BCUT2D eigenvalue weighted by Gasteiger charge is 2.25. The van der Waals surface area contributed by atoms with Crippen molar-refractivity contribution in [3.8, 4) is 0 Å². The van der Waals surface area contributed by atoms with Gasteiger partial charge in [0.05, 0.1) is 13.3 Å². The molecular formula is C6H13N5O. The summed E-state index contributed by atoms with van der Waals surface area (Å²) in [5, 5.41) is 7.17. The predicted octanol–water partition coefficient (Wildman–Crippen LogP) is -0.906. The molecule has 1 aliphatic rings. The second kappa shape index (κ2) is 2.88. The summed E-state index contributed by atoms with van der Waals surface area (Å²) in [5.74, 6) is -0.0128. The van der Waals surface area contributed by atoms with Gasteiger partial charge in [-0.15, -0.1) is 0 Å². The minimum atomic E-state index is -0.0486. The lowest BCUT2D eigenvalue weighted by atomic mass is 10.5. The Morgan fingerprint density at radius 3 is 2.17 bits per heavy atom. The van der Waals surface area contributed by atoms with Crippen molar-refractivity contribution in [3.05, 3.63) is 0 Å². The van der Waals surface area contributed by atoms with Gasteiger partial charge in [0.2, 0.25) is 0 Å². The van der Waals surface area contributed by atoms with E-state index in [1.807, 2.05) is 0 Å². The van der Waals surface area contributed by atoms with Crippen molar-refractivity contribution >= 4 is 12.0 Å². The molecule has 68 valence electrons. The van der Waals surface area contributed by atoms with Crippen LogP contribution in [0.15, 0.2) is 0 Å². The molecule has 1 heterocycles. The Hall–Kier alpha value is -1.46. The van der Waals surface area contributed by atoms with Crippen molar-refractivity contribution in [2.45, 2.75) is 0 Å². The zero-order valence-corrected chi connectivity index (χ0v) is 7.24. The zero-order chi connectivity index (χ0) is 9.30. The van der Waals surface area contributed by atoms with Crippen LogP contribution in [0.4, 0.5) is 4.79 Å². The number of carbonyl (C=O) groups excluding carboxylic acids is 1. The third kappa shape index (κ3) is 1.41. The Labute approximate surface area is 71.0 Å². The Kier molecular flexibility index (Phi) is 2.07. The molecule has 1 fully saturated rings. The Morgan fingerprint density at radius 2 is 1.83 bits per heavy atom. The molecule has 2 amide bonds. The Balaban J connectivity index is 2.65. The standard InChI is InChI=1S/C6H13N5O/c1-9-3-11(5(7)8)4-10(2)6(9)12/h3-4H2,1-2H3,(H3,7,8). The lowest BCUT2D eigenvalue weighted by Crippen LogP contribution is -2.58. The van der Waals surface area contributed by atoms with Crippen LogP contribution in [-0.2, 0) is 0 Å². The molecule has 3 N–H and O–H groups in total. The number of nitrogens with two attached hydrogens (primary N) is 1. The normalized spacial score (nSPS) is 18.5. The van der Waals surface area contributed by atoms with E-state index < -0.39 is 0 Å². The topological polar surface area (TPSA) is 76.7 Å². The quantitative estimate of drug-likeness (QED) is 0.366. The second-order valence-electron chi connectivity index (χ2n) is 2.89. The van der Waals surface area contributed by atoms with Gasteiger partial charge in [-0.05, 0) is 0 Å². The molecule has 0 bridgehead atoms. The van der Waals surface area contributed by atoms with E-state index in [1.165, 1.54) is 9.80 Å². The number of urea groups is 1.